The zero-order valence-corrected chi connectivity index (χ0v) is 20.1. The molecule has 2 aromatic carbocycles. The standard InChI is InChI=1S/C27H24N4O3S/c1-30(2)17-10-12-18(13-11-17)31-25(24(29-27(31)35)21-9-5-6-16-28-21)23-15-14-22(34-23)19-7-3-4-8-20(19)26(32)33/h3-16,24-25H,1-2H3,(H,29,35)(H,32,33)/t24-,25-/m0/s1. The molecule has 0 amide bonds. The van der Waals surface area contributed by atoms with Crippen molar-refractivity contribution in [3.63, 3.8) is 0 Å². The van der Waals surface area contributed by atoms with Crippen molar-refractivity contribution in [1.82, 2.24) is 10.3 Å². The number of aromatic carboxylic acids is 1. The second-order valence-corrected chi connectivity index (χ2v) is 8.85. The van der Waals surface area contributed by atoms with E-state index in [1.165, 1.54) is 0 Å². The van der Waals surface area contributed by atoms with Crippen molar-refractivity contribution in [2.75, 3.05) is 23.9 Å². The number of carboxylic acid groups (broad SMARTS) is 1. The largest absolute Gasteiger partial charge is 0.478 e. The van der Waals surface area contributed by atoms with Gasteiger partial charge in [-0.05, 0) is 66.8 Å². The number of thiocarbonyl (C=S) groups is 1. The summed E-state index contributed by atoms with van der Waals surface area (Å²) in [6.07, 6.45) is 1.75. The van der Waals surface area contributed by atoms with Crippen molar-refractivity contribution in [1.29, 1.82) is 0 Å². The number of hydrogen-bond acceptors (Lipinski definition) is 5. The summed E-state index contributed by atoms with van der Waals surface area (Å²) in [6.45, 7) is 0. The van der Waals surface area contributed by atoms with Crippen LogP contribution in [0, 0.1) is 0 Å². The molecule has 1 fully saturated rings. The van der Waals surface area contributed by atoms with Gasteiger partial charge in [0.1, 0.15) is 17.6 Å². The lowest BCUT2D eigenvalue weighted by molar-refractivity contribution is 0.0697. The Bertz CT molecular complexity index is 1370. The second kappa shape index (κ2) is 9.23. The smallest absolute Gasteiger partial charge is 0.336 e. The predicted octanol–water partition coefficient (Wildman–Crippen LogP) is 5.28. The molecule has 0 saturated carbocycles. The molecule has 4 aromatic rings. The van der Waals surface area contributed by atoms with Crippen LogP contribution in [0.1, 0.15) is 33.9 Å². The van der Waals surface area contributed by atoms with Gasteiger partial charge < -0.3 is 24.6 Å². The fraction of sp³-hybridized carbons (Fsp3) is 0.148. The first-order valence-electron chi connectivity index (χ1n) is 11.1. The average molecular weight is 485 g/mol. The van der Waals surface area contributed by atoms with Gasteiger partial charge in [-0.25, -0.2) is 4.79 Å². The molecule has 2 N–H and O–H groups in total. The lowest BCUT2D eigenvalue weighted by Gasteiger charge is -2.26. The van der Waals surface area contributed by atoms with E-state index in [0.717, 1.165) is 17.1 Å². The molecule has 2 atom stereocenters. The monoisotopic (exact) mass is 484 g/mol. The molecule has 8 heteroatoms. The van der Waals surface area contributed by atoms with Gasteiger partial charge in [0.25, 0.3) is 0 Å². The molecule has 3 heterocycles. The lowest BCUT2D eigenvalue weighted by Crippen LogP contribution is -2.29. The van der Waals surface area contributed by atoms with Crippen LogP contribution in [-0.2, 0) is 0 Å². The summed E-state index contributed by atoms with van der Waals surface area (Å²) in [5.74, 6) is 0.134. The highest BCUT2D eigenvalue weighted by atomic mass is 32.1. The van der Waals surface area contributed by atoms with Crippen LogP contribution in [0.2, 0.25) is 0 Å². The molecule has 7 nitrogen and oxygen atoms in total. The first-order chi connectivity index (χ1) is 16.9. The Hall–Kier alpha value is -4.17. The summed E-state index contributed by atoms with van der Waals surface area (Å²) in [7, 11) is 3.99. The van der Waals surface area contributed by atoms with Crippen molar-refractivity contribution in [3.05, 3.63) is 102 Å². The van der Waals surface area contributed by atoms with Gasteiger partial charge in [0.15, 0.2) is 5.11 Å². The first kappa shape index (κ1) is 22.6. The van der Waals surface area contributed by atoms with Crippen molar-refractivity contribution in [2.24, 2.45) is 0 Å². The highest BCUT2D eigenvalue weighted by Crippen LogP contribution is 2.43. The highest BCUT2D eigenvalue weighted by Gasteiger charge is 2.42. The number of carbonyl (C=O) groups is 1. The Balaban J connectivity index is 1.60. The van der Waals surface area contributed by atoms with Crippen LogP contribution in [-0.4, -0.2) is 35.3 Å². The third-order valence-corrected chi connectivity index (χ3v) is 6.40. The molecule has 1 aliphatic rings. The summed E-state index contributed by atoms with van der Waals surface area (Å²) in [5.41, 5.74) is 3.54. The van der Waals surface area contributed by atoms with E-state index in [-0.39, 0.29) is 17.6 Å². The minimum atomic E-state index is -1.00. The van der Waals surface area contributed by atoms with E-state index in [0.29, 0.717) is 22.2 Å². The third-order valence-electron chi connectivity index (χ3n) is 6.08. The van der Waals surface area contributed by atoms with Gasteiger partial charge in [-0.1, -0.05) is 24.3 Å². The van der Waals surface area contributed by atoms with Gasteiger partial charge >= 0.3 is 5.97 Å². The molecule has 0 radical (unpaired) electrons. The van der Waals surface area contributed by atoms with Crippen LogP contribution < -0.4 is 15.1 Å². The lowest BCUT2D eigenvalue weighted by atomic mass is 10.0. The number of benzene rings is 2. The molecule has 0 unspecified atom stereocenters. The molecule has 176 valence electrons. The van der Waals surface area contributed by atoms with Crippen molar-refractivity contribution in [2.45, 2.75) is 12.1 Å². The normalized spacial score (nSPS) is 17.3. The van der Waals surface area contributed by atoms with Crippen molar-refractivity contribution < 1.29 is 14.3 Å². The van der Waals surface area contributed by atoms with Crippen LogP contribution in [0.25, 0.3) is 11.3 Å². The average Bonchev–Trinajstić information content (AvgIpc) is 3.49. The number of furan rings is 1. The van der Waals surface area contributed by atoms with Gasteiger partial charge in [0.2, 0.25) is 0 Å². The van der Waals surface area contributed by atoms with E-state index in [2.05, 4.69) is 10.3 Å². The van der Waals surface area contributed by atoms with Crippen LogP contribution >= 0.6 is 12.2 Å². The van der Waals surface area contributed by atoms with Crippen LogP contribution in [0.5, 0.6) is 0 Å². The number of pyridine rings is 1. The summed E-state index contributed by atoms with van der Waals surface area (Å²) in [6, 6.07) is 23.8. The maximum absolute atomic E-state index is 11.8. The van der Waals surface area contributed by atoms with Crippen LogP contribution in [0.3, 0.4) is 0 Å². The molecule has 0 aliphatic carbocycles. The second-order valence-electron chi connectivity index (χ2n) is 8.46. The van der Waals surface area contributed by atoms with E-state index >= 15 is 0 Å². The quantitative estimate of drug-likeness (QED) is 0.358. The summed E-state index contributed by atoms with van der Waals surface area (Å²) >= 11 is 5.77. The number of nitrogens with zero attached hydrogens (tertiary/aromatic N) is 3. The Morgan fingerprint density at radius 3 is 2.46 bits per heavy atom. The van der Waals surface area contributed by atoms with E-state index in [1.807, 2.05) is 72.4 Å². The molecular formula is C27H24N4O3S. The van der Waals surface area contributed by atoms with Gasteiger partial charge in [-0.2, -0.15) is 0 Å². The molecule has 1 aliphatic heterocycles. The highest BCUT2D eigenvalue weighted by molar-refractivity contribution is 7.80. The minimum Gasteiger partial charge on any atom is -0.478 e. The number of nitrogens with one attached hydrogen (secondary N) is 1. The van der Waals surface area contributed by atoms with Crippen molar-refractivity contribution >= 4 is 34.7 Å². The molecule has 5 rings (SSSR count). The topological polar surface area (TPSA) is 81.8 Å². The fourth-order valence-corrected chi connectivity index (χ4v) is 4.72. The summed E-state index contributed by atoms with van der Waals surface area (Å²) in [4.78, 5) is 20.4. The first-order valence-corrected chi connectivity index (χ1v) is 11.6. The van der Waals surface area contributed by atoms with Crippen LogP contribution in [0.4, 0.5) is 11.4 Å². The zero-order valence-electron chi connectivity index (χ0n) is 19.3. The number of carboxylic acids is 1. The third kappa shape index (κ3) is 4.24. The summed E-state index contributed by atoms with van der Waals surface area (Å²) < 4.78 is 6.32. The number of anilines is 2. The molecule has 1 saturated heterocycles. The van der Waals surface area contributed by atoms with E-state index in [1.54, 1.807) is 36.5 Å². The maximum atomic E-state index is 11.8. The molecule has 35 heavy (non-hydrogen) atoms. The fourth-order valence-electron chi connectivity index (χ4n) is 4.37. The SMILES string of the molecule is CN(C)c1ccc(N2C(=S)N[C@@H](c3ccccn3)[C@@H]2c2ccc(-c3ccccc3C(=O)O)o2)cc1. The van der Waals surface area contributed by atoms with Gasteiger partial charge in [0, 0.05) is 37.2 Å². The van der Waals surface area contributed by atoms with Gasteiger partial charge in [-0.15, -0.1) is 0 Å². The van der Waals surface area contributed by atoms with Crippen molar-refractivity contribution in [3.8, 4) is 11.3 Å². The van der Waals surface area contributed by atoms with E-state index in [4.69, 9.17) is 16.6 Å². The number of rotatable bonds is 6. The number of aromatic nitrogens is 1. The Kier molecular flexibility index (Phi) is 5.96. The van der Waals surface area contributed by atoms with Gasteiger partial charge in [0.05, 0.1) is 17.3 Å². The van der Waals surface area contributed by atoms with Gasteiger partial charge in [-0.3, -0.25) is 4.98 Å². The minimum absolute atomic E-state index is 0.186. The Morgan fingerprint density at radius 1 is 1.03 bits per heavy atom. The maximum Gasteiger partial charge on any atom is 0.336 e. The molecule has 2 aromatic heterocycles. The van der Waals surface area contributed by atoms with E-state index in [9.17, 15) is 9.90 Å². The molecular weight excluding hydrogens is 460 g/mol. The Morgan fingerprint density at radius 2 is 1.77 bits per heavy atom. The zero-order chi connectivity index (χ0) is 24.5. The summed E-state index contributed by atoms with van der Waals surface area (Å²) in [5, 5.41) is 13.6. The Labute approximate surface area is 208 Å². The van der Waals surface area contributed by atoms with E-state index < -0.39 is 5.97 Å². The molecule has 0 spiro atoms. The number of hydrogen-bond donors (Lipinski definition) is 2. The molecule has 0 bridgehead atoms. The predicted molar refractivity (Wildman–Crippen MR) is 140 cm³/mol. The van der Waals surface area contributed by atoms with Crippen LogP contribution in [0.15, 0.2) is 89.5 Å².